The molecule has 0 unspecified atom stereocenters. The van der Waals surface area contributed by atoms with Gasteiger partial charge in [0, 0.05) is 20.3 Å². The van der Waals surface area contributed by atoms with E-state index in [9.17, 15) is 14.4 Å². The highest BCUT2D eigenvalue weighted by molar-refractivity contribution is 5.78. The van der Waals surface area contributed by atoms with Gasteiger partial charge in [-0.2, -0.15) is 0 Å². The minimum absolute atomic E-state index is 0.0399. The molecule has 0 aromatic heterocycles. The second kappa shape index (κ2) is 4.96. The molecule has 100 valence electrons. The number of piperidine rings is 1. The maximum atomic E-state index is 11.8. The molecule has 2 aliphatic heterocycles. The summed E-state index contributed by atoms with van der Waals surface area (Å²) in [5, 5.41) is 0. The maximum absolute atomic E-state index is 11.8. The summed E-state index contributed by atoms with van der Waals surface area (Å²) in [6, 6.07) is -0.153. The van der Waals surface area contributed by atoms with Gasteiger partial charge in [-0.25, -0.2) is 0 Å². The molecule has 0 saturated carbocycles. The van der Waals surface area contributed by atoms with E-state index in [1.807, 2.05) is 0 Å². The van der Waals surface area contributed by atoms with E-state index in [1.54, 1.807) is 4.90 Å². The Morgan fingerprint density at radius 3 is 2.50 bits per heavy atom. The Balaban J connectivity index is 2.16. The van der Waals surface area contributed by atoms with Crippen molar-refractivity contribution in [3.63, 3.8) is 0 Å². The molecule has 0 spiro atoms. The fourth-order valence-electron chi connectivity index (χ4n) is 2.73. The van der Waals surface area contributed by atoms with Crippen LogP contribution in [0.3, 0.4) is 0 Å². The highest BCUT2D eigenvalue weighted by Gasteiger charge is 2.48. The Morgan fingerprint density at radius 1 is 1.22 bits per heavy atom. The fourth-order valence-corrected chi connectivity index (χ4v) is 2.73. The van der Waals surface area contributed by atoms with Crippen LogP contribution in [0.2, 0.25) is 0 Å². The first-order chi connectivity index (χ1) is 8.49. The Morgan fingerprint density at radius 2 is 1.89 bits per heavy atom. The predicted octanol–water partition coefficient (Wildman–Crippen LogP) is 0.244. The summed E-state index contributed by atoms with van der Waals surface area (Å²) in [5.41, 5.74) is 0. The molecule has 0 aromatic carbocycles. The Kier molecular flexibility index (Phi) is 3.54. The van der Waals surface area contributed by atoms with E-state index in [0.29, 0.717) is 13.0 Å². The van der Waals surface area contributed by atoms with Gasteiger partial charge in [0.1, 0.15) is 0 Å². The van der Waals surface area contributed by atoms with Crippen LogP contribution in [0.5, 0.6) is 0 Å². The van der Waals surface area contributed by atoms with Gasteiger partial charge in [-0.3, -0.25) is 14.4 Å². The maximum Gasteiger partial charge on any atom is 0.303 e. The van der Waals surface area contributed by atoms with Gasteiger partial charge < -0.3 is 14.4 Å². The number of nitrogens with zero attached hydrogens (tertiary/aromatic N) is 1. The van der Waals surface area contributed by atoms with Crippen LogP contribution in [-0.2, 0) is 23.9 Å². The first-order valence-electron chi connectivity index (χ1n) is 6.13. The minimum Gasteiger partial charge on any atom is -0.457 e. The van der Waals surface area contributed by atoms with E-state index in [1.165, 1.54) is 13.8 Å². The SMILES string of the molecule is CC(=O)O[C@@H]1[C@@H](OC(C)=O)CN2C(=O)CCC[C@@H]12. The molecule has 2 saturated heterocycles. The lowest BCUT2D eigenvalue weighted by Gasteiger charge is -2.31. The largest absolute Gasteiger partial charge is 0.457 e. The molecule has 2 rings (SSSR count). The van der Waals surface area contributed by atoms with Crippen LogP contribution in [0, 0.1) is 0 Å². The van der Waals surface area contributed by atoms with Gasteiger partial charge in [0.05, 0.1) is 12.6 Å². The minimum atomic E-state index is -0.543. The monoisotopic (exact) mass is 255 g/mol. The molecule has 3 atom stereocenters. The summed E-state index contributed by atoms with van der Waals surface area (Å²) in [6.07, 6.45) is 0.997. The normalized spacial score (nSPS) is 30.9. The topological polar surface area (TPSA) is 72.9 Å². The Bertz CT molecular complexity index is 381. The first-order valence-corrected chi connectivity index (χ1v) is 6.13. The zero-order valence-electron chi connectivity index (χ0n) is 10.5. The summed E-state index contributed by atoms with van der Waals surface area (Å²) >= 11 is 0. The van der Waals surface area contributed by atoms with Gasteiger partial charge in [-0.1, -0.05) is 0 Å². The molecule has 1 amide bonds. The lowest BCUT2D eigenvalue weighted by Crippen LogP contribution is -2.44. The summed E-state index contributed by atoms with van der Waals surface area (Å²) in [5.74, 6) is -0.806. The summed E-state index contributed by atoms with van der Waals surface area (Å²) in [6.45, 7) is 2.95. The van der Waals surface area contributed by atoms with Crippen molar-refractivity contribution >= 4 is 17.8 Å². The van der Waals surface area contributed by atoms with Crippen LogP contribution in [0.15, 0.2) is 0 Å². The van der Waals surface area contributed by atoms with E-state index < -0.39 is 24.1 Å². The number of carbonyl (C=O) groups excluding carboxylic acids is 3. The molecular formula is C12H17NO5. The number of hydrogen-bond donors (Lipinski definition) is 0. The van der Waals surface area contributed by atoms with Crippen molar-refractivity contribution in [2.45, 2.75) is 51.4 Å². The van der Waals surface area contributed by atoms with Crippen molar-refractivity contribution in [3.8, 4) is 0 Å². The quantitative estimate of drug-likeness (QED) is 0.661. The van der Waals surface area contributed by atoms with Crippen LogP contribution in [0.25, 0.3) is 0 Å². The number of ether oxygens (including phenoxy) is 2. The van der Waals surface area contributed by atoms with E-state index >= 15 is 0 Å². The number of esters is 2. The van der Waals surface area contributed by atoms with E-state index in [-0.39, 0.29) is 11.9 Å². The van der Waals surface area contributed by atoms with Gasteiger partial charge in [0.2, 0.25) is 5.91 Å². The van der Waals surface area contributed by atoms with Gasteiger partial charge in [-0.05, 0) is 12.8 Å². The average molecular weight is 255 g/mol. The van der Waals surface area contributed by atoms with E-state index in [4.69, 9.17) is 9.47 Å². The molecule has 6 heteroatoms. The van der Waals surface area contributed by atoms with Crippen molar-refractivity contribution in [1.29, 1.82) is 0 Å². The summed E-state index contributed by atoms with van der Waals surface area (Å²) < 4.78 is 10.4. The van der Waals surface area contributed by atoms with Gasteiger partial charge in [0.15, 0.2) is 12.2 Å². The molecule has 18 heavy (non-hydrogen) atoms. The third-order valence-electron chi connectivity index (χ3n) is 3.35. The van der Waals surface area contributed by atoms with Crippen LogP contribution in [0.4, 0.5) is 0 Å². The molecule has 0 aliphatic carbocycles. The molecule has 2 heterocycles. The Labute approximate surface area is 105 Å². The third kappa shape index (κ3) is 2.47. The van der Waals surface area contributed by atoms with Gasteiger partial charge in [0.25, 0.3) is 0 Å². The fraction of sp³-hybridized carbons (Fsp3) is 0.750. The molecule has 0 radical (unpaired) electrons. The molecule has 0 bridgehead atoms. The Hall–Kier alpha value is -1.59. The van der Waals surface area contributed by atoms with Crippen molar-refractivity contribution < 1.29 is 23.9 Å². The van der Waals surface area contributed by atoms with Crippen molar-refractivity contribution in [3.05, 3.63) is 0 Å². The van der Waals surface area contributed by atoms with E-state index in [0.717, 1.165) is 12.8 Å². The van der Waals surface area contributed by atoms with Crippen molar-refractivity contribution in [2.24, 2.45) is 0 Å². The first kappa shape index (κ1) is 12.9. The molecule has 6 nitrogen and oxygen atoms in total. The van der Waals surface area contributed by atoms with Gasteiger partial charge >= 0.3 is 11.9 Å². The van der Waals surface area contributed by atoms with Crippen LogP contribution in [0.1, 0.15) is 33.1 Å². The zero-order chi connectivity index (χ0) is 13.3. The van der Waals surface area contributed by atoms with Crippen molar-refractivity contribution in [2.75, 3.05) is 6.54 Å². The molecule has 2 fully saturated rings. The van der Waals surface area contributed by atoms with Crippen LogP contribution < -0.4 is 0 Å². The lowest BCUT2D eigenvalue weighted by atomic mass is 9.99. The number of fused-ring (bicyclic) bond motifs is 1. The third-order valence-corrected chi connectivity index (χ3v) is 3.35. The smallest absolute Gasteiger partial charge is 0.303 e. The van der Waals surface area contributed by atoms with Crippen LogP contribution >= 0.6 is 0 Å². The number of rotatable bonds is 2. The lowest BCUT2D eigenvalue weighted by molar-refractivity contribution is -0.163. The zero-order valence-corrected chi connectivity index (χ0v) is 10.5. The number of carbonyl (C=O) groups is 3. The summed E-state index contributed by atoms with van der Waals surface area (Å²) in [7, 11) is 0. The van der Waals surface area contributed by atoms with E-state index in [2.05, 4.69) is 0 Å². The molecular weight excluding hydrogens is 238 g/mol. The highest BCUT2D eigenvalue weighted by atomic mass is 16.6. The standard InChI is InChI=1S/C12H17NO5/c1-7(14)17-10-6-13-9(4-3-5-11(13)16)12(10)18-8(2)15/h9-10,12H,3-6H2,1-2H3/t9-,10-,12-/m0/s1. The average Bonchev–Trinajstić information content (AvgIpc) is 2.58. The number of amides is 1. The summed E-state index contributed by atoms with van der Waals surface area (Å²) in [4.78, 5) is 35.6. The molecule has 0 aromatic rings. The van der Waals surface area contributed by atoms with Crippen molar-refractivity contribution in [1.82, 2.24) is 4.90 Å². The van der Waals surface area contributed by atoms with Crippen LogP contribution in [-0.4, -0.2) is 47.5 Å². The second-order valence-corrected chi connectivity index (χ2v) is 4.73. The molecule has 2 aliphatic rings. The highest BCUT2D eigenvalue weighted by Crippen LogP contribution is 2.31. The molecule has 0 N–H and O–H groups in total. The predicted molar refractivity (Wildman–Crippen MR) is 60.5 cm³/mol. The second-order valence-electron chi connectivity index (χ2n) is 4.73. The van der Waals surface area contributed by atoms with Gasteiger partial charge in [-0.15, -0.1) is 0 Å². The number of hydrogen-bond acceptors (Lipinski definition) is 5.